The predicted molar refractivity (Wildman–Crippen MR) is 120 cm³/mol. The maximum atomic E-state index is 11.6. The van der Waals surface area contributed by atoms with Crippen molar-refractivity contribution < 1.29 is 22.8 Å². The van der Waals surface area contributed by atoms with E-state index in [2.05, 4.69) is 6.92 Å². The molecule has 0 aliphatic heterocycles. The second kappa shape index (κ2) is 12.6. The van der Waals surface area contributed by atoms with Crippen LogP contribution in [0.25, 0.3) is 0 Å². The number of aryl methyl sites for hydroxylation is 1. The van der Waals surface area contributed by atoms with E-state index in [0.717, 1.165) is 24.8 Å². The average molecular weight is 435 g/mol. The molecule has 0 saturated carbocycles. The van der Waals surface area contributed by atoms with Crippen LogP contribution in [0.4, 0.5) is 0 Å². The van der Waals surface area contributed by atoms with Gasteiger partial charge in [-0.1, -0.05) is 89.0 Å². The lowest BCUT2D eigenvalue weighted by Gasteiger charge is -2.15. The molecule has 0 atom stereocenters. The summed E-state index contributed by atoms with van der Waals surface area (Å²) in [6.07, 6.45) is 12.9. The van der Waals surface area contributed by atoms with Gasteiger partial charge >= 0.3 is 0 Å². The van der Waals surface area contributed by atoms with Gasteiger partial charge < -0.3 is 9.84 Å². The Kier molecular flexibility index (Phi) is 10.2. The number of unbranched alkanes of at least 4 members (excludes halogenated alkanes) is 9. The first kappa shape index (κ1) is 24.2. The lowest BCUT2D eigenvalue weighted by Crippen LogP contribution is -2.02. The minimum atomic E-state index is -4.54. The Hall–Kier alpha value is -2.05. The van der Waals surface area contributed by atoms with E-state index in [1.807, 2.05) is 6.07 Å². The highest BCUT2D eigenvalue weighted by Gasteiger charge is 2.22. The van der Waals surface area contributed by atoms with Crippen LogP contribution >= 0.6 is 0 Å². The van der Waals surface area contributed by atoms with Gasteiger partial charge in [0.1, 0.15) is 10.6 Å². The number of benzene rings is 2. The Labute approximate surface area is 180 Å². The molecule has 0 bridgehead atoms. The van der Waals surface area contributed by atoms with Gasteiger partial charge in [0.2, 0.25) is 0 Å². The fourth-order valence-corrected chi connectivity index (χ4v) is 4.10. The summed E-state index contributed by atoms with van der Waals surface area (Å²) in [5, 5.41) is 10.5. The third kappa shape index (κ3) is 8.00. The van der Waals surface area contributed by atoms with Crippen molar-refractivity contribution in [3.05, 3.63) is 48.0 Å². The second-order valence-electron chi connectivity index (χ2n) is 7.72. The van der Waals surface area contributed by atoms with E-state index in [1.165, 1.54) is 51.0 Å². The summed E-state index contributed by atoms with van der Waals surface area (Å²) >= 11 is 0. The van der Waals surface area contributed by atoms with E-state index in [9.17, 15) is 18.1 Å². The topological polar surface area (TPSA) is 83.8 Å². The first-order valence-corrected chi connectivity index (χ1v) is 12.4. The van der Waals surface area contributed by atoms with Crippen molar-refractivity contribution in [1.82, 2.24) is 0 Å². The summed E-state index contributed by atoms with van der Waals surface area (Å²) in [6.45, 7) is 2.23. The van der Waals surface area contributed by atoms with Crippen molar-refractivity contribution in [2.75, 3.05) is 0 Å². The van der Waals surface area contributed by atoms with Gasteiger partial charge in [-0.05, 0) is 36.6 Å². The number of para-hydroxylation sites is 1. The smallest absolute Gasteiger partial charge is 0.298 e. The van der Waals surface area contributed by atoms with Crippen LogP contribution < -0.4 is 4.74 Å². The lowest BCUT2D eigenvalue weighted by molar-refractivity contribution is 0.391. The van der Waals surface area contributed by atoms with Gasteiger partial charge in [0, 0.05) is 0 Å². The van der Waals surface area contributed by atoms with E-state index in [0.29, 0.717) is 12.2 Å². The molecular weight excluding hydrogens is 400 g/mol. The van der Waals surface area contributed by atoms with Crippen molar-refractivity contribution in [3.63, 3.8) is 0 Å². The Bertz CT molecular complexity index is 863. The molecule has 5 nitrogen and oxygen atoms in total. The molecule has 166 valence electrons. The zero-order chi connectivity index (χ0) is 21.8. The third-order valence-corrected chi connectivity index (χ3v) is 6.10. The molecule has 0 heterocycles. The molecule has 0 unspecified atom stereocenters. The van der Waals surface area contributed by atoms with Crippen LogP contribution in [0.15, 0.2) is 47.4 Å². The number of phenolic OH excluding ortho intramolecular Hbond substituents is 1. The molecule has 6 heteroatoms. The number of ether oxygens (including phenoxy) is 1. The molecule has 0 spiro atoms. The quantitative estimate of drug-likeness (QED) is 0.250. The van der Waals surface area contributed by atoms with E-state index in [-0.39, 0.29) is 5.75 Å². The van der Waals surface area contributed by atoms with E-state index < -0.39 is 20.8 Å². The molecule has 30 heavy (non-hydrogen) atoms. The highest BCUT2D eigenvalue weighted by atomic mass is 32.2. The molecule has 0 aromatic heterocycles. The molecule has 0 aliphatic carbocycles. The van der Waals surface area contributed by atoms with Crippen LogP contribution in [0.5, 0.6) is 17.2 Å². The number of phenols is 1. The van der Waals surface area contributed by atoms with Crippen LogP contribution in [-0.2, 0) is 16.5 Å². The molecule has 0 amide bonds. The fourth-order valence-electron chi connectivity index (χ4n) is 3.52. The largest absolute Gasteiger partial charge is 0.503 e. The number of hydrogen-bond acceptors (Lipinski definition) is 4. The van der Waals surface area contributed by atoms with Gasteiger partial charge in [-0.3, -0.25) is 4.55 Å². The maximum absolute atomic E-state index is 11.6. The third-order valence-electron chi connectivity index (χ3n) is 5.22. The number of rotatable bonds is 14. The number of aromatic hydroxyl groups is 1. The summed E-state index contributed by atoms with van der Waals surface area (Å²) in [4.78, 5) is -0.541. The Morgan fingerprint density at radius 3 is 1.93 bits per heavy atom. The highest BCUT2D eigenvalue weighted by Crippen LogP contribution is 2.40. The van der Waals surface area contributed by atoms with Crippen molar-refractivity contribution >= 4 is 10.1 Å². The van der Waals surface area contributed by atoms with E-state index in [4.69, 9.17) is 4.74 Å². The van der Waals surface area contributed by atoms with Gasteiger partial charge in [-0.15, -0.1) is 0 Å². The molecular formula is C24H34O5S. The molecule has 0 saturated heterocycles. The zero-order valence-corrected chi connectivity index (χ0v) is 18.7. The highest BCUT2D eigenvalue weighted by molar-refractivity contribution is 7.86. The van der Waals surface area contributed by atoms with Crippen molar-refractivity contribution in [2.45, 2.75) is 82.4 Å². The summed E-state index contributed by atoms with van der Waals surface area (Å²) in [5.74, 6) is 0.0304. The molecule has 2 N–H and O–H groups in total. The summed E-state index contributed by atoms with van der Waals surface area (Å²) in [5.41, 5.74) is 0.725. The molecule has 2 aromatic carbocycles. The summed E-state index contributed by atoms with van der Waals surface area (Å²) in [6, 6.07) is 11.7. The van der Waals surface area contributed by atoms with Crippen LogP contribution in [0.1, 0.15) is 76.7 Å². The Morgan fingerprint density at radius 1 is 0.800 bits per heavy atom. The van der Waals surface area contributed by atoms with Gasteiger partial charge in [-0.25, -0.2) is 0 Å². The second-order valence-corrected chi connectivity index (χ2v) is 9.11. The first-order valence-electron chi connectivity index (χ1n) is 11.0. The fraction of sp³-hybridized carbons (Fsp3) is 0.500. The minimum Gasteiger partial charge on any atom is -0.503 e. The molecule has 2 rings (SSSR count). The molecule has 0 aliphatic rings. The Morgan fingerprint density at radius 2 is 1.37 bits per heavy atom. The van der Waals surface area contributed by atoms with Crippen LogP contribution in [0, 0.1) is 0 Å². The first-order chi connectivity index (χ1) is 14.4. The monoisotopic (exact) mass is 434 g/mol. The van der Waals surface area contributed by atoms with Crippen LogP contribution in [0.3, 0.4) is 0 Å². The number of hydrogen-bond donors (Lipinski definition) is 2. The average Bonchev–Trinajstić information content (AvgIpc) is 2.71. The van der Waals surface area contributed by atoms with Crippen molar-refractivity contribution in [2.24, 2.45) is 0 Å². The zero-order valence-electron chi connectivity index (χ0n) is 17.8. The van der Waals surface area contributed by atoms with Crippen LogP contribution in [-0.4, -0.2) is 18.1 Å². The normalized spacial score (nSPS) is 11.5. The van der Waals surface area contributed by atoms with Gasteiger partial charge in [0.05, 0.1) is 0 Å². The van der Waals surface area contributed by atoms with Crippen molar-refractivity contribution in [3.8, 4) is 17.2 Å². The van der Waals surface area contributed by atoms with Gasteiger partial charge in [0.25, 0.3) is 10.1 Å². The van der Waals surface area contributed by atoms with E-state index in [1.54, 1.807) is 30.3 Å². The predicted octanol–water partition coefficient (Wildman–Crippen LogP) is 6.89. The van der Waals surface area contributed by atoms with Gasteiger partial charge in [0.15, 0.2) is 11.5 Å². The summed E-state index contributed by atoms with van der Waals surface area (Å²) < 4.78 is 38.3. The molecule has 0 fully saturated rings. The maximum Gasteiger partial charge on any atom is 0.298 e. The molecule has 0 radical (unpaired) electrons. The summed E-state index contributed by atoms with van der Waals surface area (Å²) in [7, 11) is -4.54. The SMILES string of the molecule is CCCCCCCCCCCCc1ccc(S(=O)(=O)O)c(O)c1Oc1ccccc1. The standard InChI is InChI=1S/C24H34O5S/c1-2-3-4-5-6-7-8-9-10-12-15-20-18-19-22(30(26,27)28)23(25)24(20)29-21-16-13-11-14-17-21/h11,13-14,16-19,25H,2-10,12,15H2,1H3,(H,26,27,28). The Balaban J connectivity index is 1.94. The van der Waals surface area contributed by atoms with Crippen molar-refractivity contribution in [1.29, 1.82) is 0 Å². The minimum absolute atomic E-state index is 0.0900. The lowest BCUT2D eigenvalue weighted by atomic mass is 10.0. The van der Waals surface area contributed by atoms with E-state index >= 15 is 0 Å². The van der Waals surface area contributed by atoms with Gasteiger partial charge in [-0.2, -0.15) is 8.42 Å². The molecule has 2 aromatic rings. The van der Waals surface area contributed by atoms with Crippen LogP contribution in [0.2, 0.25) is 0 Å².